The van der Waals surface area contributed by atoms with Crippen molar-refractivity contribution < 1.29 is 14.8 Å². The lowest BCUT2D eigenvalue weighted by Gasteiger charge is -2.08. The van der Waals surface area contributed by atoms with Gasteiger partial charge < -0.3 is 5.32 Å². The Labute approximate surface area is 155 Å². The van der Waals surface area contributed by atoms with Gasteiger partial charge in [0.05, 0.1) is 0 Å². The normalized spacial score (nSPS) is 10.2. The molecular formula is C20H15ClN2O3. The monoisotopic (exact) mass is 366 g/mol. The molecular weight excluding hydrogens is 352 g/mol. The molecule has 26 heavy (non-hydrogen) atoms. The van der Waals surface area contributed by atoms with Crippen LogP contribution in [0.25, 0.3) is 11.1 Å². The van der Waals surface area contributed by atoms with E-state index < -0.39 is 5.91 Å². The number of anilines is 1. The summed E-state index contributed by atoms with van der Waals surface area (Å²) in [5, 5.41) is 12.1. The minimum absolute atomic E-state index is 0.231. The van der Waals surface area contributed by atoms with Gasteiger partial charge in [-0.05, 0) is 59.7 Å². The molecule has 2 amide bonds. The summed E-state index contributed by atoms with van der Waals surface area (Å²) in [6.45, 7) is 0. The van der Waals surface area contributed by atoms with Gasteiger partial charge in [-0.1, -0.05) is 35.9 Å². The van der Waals surface area contributed by atoms with Crippen molar-refractivity contribution >= 4 is 29.1 Å². The summed E-state index contributed by atoms with van der Waals surface area (Å²) in [6, 6.07) is 20.7. The lowest BCUT2D eigenvalue weighted by molar-refractivity contribution is 0.0706. The topological polar surface area (TPSA) is 78.4 Å². The van der Waals surface area contributed by atoms with Crippen LogP contribution in [-0.4, -0.2) is 17.0 Å². The van der Waals surface area contributed by atoms with E-state index in [1.165, 1.54) is 0 Å². The molecule has 0 saturated carbocycles. The van der Waals surface area contributed by atoms with E-state index in [0.717, 1.165) is 11.1 Å². The van der Waals surface area contributed by atoms with Gasteiger partial charge in [0.25, 0.3) is 11.8 Å². The average Bonchev–Trinajstić information content (AvgIpc) is 2.69. The van der Waals surface area contributed by atoms with Crippen molar-refractivity contribution in [2.45, 2.75) is 0 Å². The fourth-order valence-electron chi connectivity index (χ4n) is 2.46. The highest BCUT2D eigenvalue weighted by Crippen LogP contribution is 2.22. The van der Waals surface area contributed by atoms with Gasteiger partial charge in [-0.3, -0.25) is 14.8 Å². The first kappa shape index (κ1) is 17.7. The Balaban J connectivity index is 1.80. The first-order valence-corrected chi connectivity index (χ1v) is 8.16. The number of rotatable bonds is 4. The summed E-state index contributed by atoms with van der Waals surface area (Å²) < 4.78 is 0. The van der Waals surface area contributed by atoms with Crippen LogP contribution in [0.1, 0.15) is 20.7 Å². The Bertz CT molecular complexity index is 938. The third-order valence-electron chi connectivity index (χ3n) is 3.81. The highest BCUT2D eigenvalue weighted by Gasteiger charge is 2.09. The van der Waals surface area contributed by atoms with E-state index in [2.05, 4.69) is 5.32 Å². The van der Waals surface area contributed by atoms with Crippen LogP contribution in [0.3, 0.4) is 0 Å². The zero-order valence-electron chi connectivity index (χ0n) is 13.6. The molecule has 130 valence electrons. The minimum atomic E-state index is -0.576. The molecule has 0 aliphatic carbocycles. The standard InChI is InChI=1S/C20H15ClN2O3/c21-17-8-10-18(11-9-17)22-19(24)16-3-1-2-15(12-16)13-4-6-14(7-5-13)20(25)23-26/h1-12,26H,(H,22,24)(H,23,25). The van der Waals surface area contributed by atoms with Crippen LogP contribution in [0, 0.1) is 0 Å². The Morgan fingerprint density at radius 2 is 1.46 bits per heavy atom. The molecule has 3 aromatic carbocycles. The van der Waals surface area contributed by atoms with Crippen molar-refractivity contribution in [2.24, 2.45) is 0 Å². The van der Waals surface area contributed by atoms with Gasteiger partial charge >= 0.3 is 0 Å². The van der Waals surface area contributed by atoms with Gasteiger partial charge in [0.15, 0.2) is 0 Å². The number of halogens is 1. The third-order valence-corrected chi connectivity index (χ3v) is 4.06. The molecule has 0 bridgehead atoms. The summed E-state index contributed by atoms with van der Waals surface area (Å²) in [6.07, 6.45) is 0. The molecule has 0 aromatic heterocycles. The van der Waals surface area contributed by atoms with Gasteiger partial charge in [0, 0.05) is 21.8 Å². The highest BCUT2D eigenvalue weighted by molar-refractivity contribution is 6.30. The fraction of sp³-hybridized carbons (Fsp3) is 0. The molecule has 0 aliphatic heterocycles. The SMILES string of the molecule is O=C(NO)c1ccc(-c2cccc(C(=O)Nc3ccc(Cl)cc3)c2)cc1. The average molecular weight is 367 g/mol. The number of nitrogens with one attached hydrogen (secondary N) is 2. The molecule has 0 aliphatic rings. The van der Waals surface area contributed by atoms with Gasteiger partial charge in [0.1, 0.15) is 0 Å². The molecule has 3 aromatic rings. The second kappa shape index (κ2) is 7.82. The van der Waals surface area contributed by atoms with Gasteiger partial charge in [-0.25, -0.2) is 5.48 Å². The van der Waals surface area contributed by atoms with Gasteiger partial charge in [0.2, 0.25) is 0 Å². The number of hydrogen-bond donors (Lipinski definition) is 3. The molecule has 0 unspecified atom stereocenters. The van der Waals surface area contributed by atoms with Crippen LogP contribution in [0.4, 0.5) is 5.69 Å². The maximum atomic E-state index is 12.4. The van der Waals surface area contributed by atoms with E-state index >= 15 is 0 Å². The number of hydroxylamine groups is 1. The predicted molar refractivity (Wildman–Crippen MR) is 101 cm³/mol. The first-order valence-electron chi connectivity index (χ1n) is 7.78. The first-order chi connectivity index (χ1) is 12.6. The number of benzene rings is 3. The molecule has 0 saturated heterocycles. The lowest BCUT2D eigenvalue weighted by atomic mass is 10.0. The molecule has 5 nitrogen and oxygen atoms in total. The number of hydrogen-bond acceptors (Lipinski definition) is 3. The molecule has 0 spiro atoms. The summed E-state index contributed by atoms with van der Waals surface area (Å²) >= 11 is 5.84. The van der Waals surface area contributed by atoms with Crippen LogP contribution >= 0.6 is 11.6 Å². The molecule has 0 radical (unpaired) electrons. The van der Waals surface area contributed by atoms with Crippen molar-refractivity contribution in [1.82, 2.24) is 5.48 Å². The Hall–Kier alpha value is -3.15. The smallest absolute Gasteiger partial charge is 0.274 e. The van der Waals surface area contributed by atoms with E-state index in [0.29, 0.717) is 21.8 Å². The van der Waals surface area contributed by atoms with E-state index in [1.807, 2.05) is 6.07 Å². The summed E-state index contributed by atoms with van der Waals surface area (Å²) in [7, 11) is 0. The molecule has 6 heteroatoms. The van der Waals surface area contributed by atoms with Crippen molar-refractivity contribution in [3.8, 4) is 11.1 Å². The molecule has 0 fully saturated rings. The van der Waals surface area contributed by atoms with Crippen molar-refractivity contribution in [1.29, 1.82) is 0 Å². The maximum absolute atomic E-state index is 12.4. The fourth-order valence-corrected chi connectivity index (χ4v) is 2.58. The predicted octanol–water partition coefficient (Wildman–Crippen LogP) is 4.38. The molecule has 3 rings (SSSR count). The summed E-state index contributed by atoms with van der Waals surface area (Å²) in [5.41, 5.74) is 4.78. The molecule has 0 heterocycles. The van der Waals surface area contributed by atoms with E-state index in [1.54, 1.807) is 72.2 Å². The van der Waals surface area contributed by atoms with E-state index in [9.17, 15) is 9.59 Å². The van der Waals surface area contributed by atoms with Crippen LogP contribution < -0.4 is 10.8 Å². The minimum Gasteiger partial charge on any atom is -0.322 e. The van der Waals surface area contributed by atoms with Gasteiger partial charge in [-0.2, -0.15) is 0 Å². The maximum Gasteiger partial charge on any atom is 0.274 e. The zero-order chi connectivity index (χ0) is 18.5. The Morgan fingerprint density at radius 1 is 0.769 bits per heavy atom. The molecule has 3 N–H and O–H groups in total. The largest absolute Gasteiger partial charge is 0.322 e. The second-order valence-electron chi connectivity index (χ2n) is 5.56. The van der Waals surface area contributed by atoms with Crippen molar-refractivity contribution in [3.05, 3.63) is 88.9 Å². The number of carbonyl (C=O) groups is 2. The molecule has 0 atom stereocenters. The Kier molecular flexibility index (Phi) is 5.31. The number of amides is 2. The second-order valence-corrected chi connectivity index (χ2v) is 6.00. The Morgan fingerprint density at radius 3 is 2.12 bits per heavy atom. The van der Waals surface area contributed by atoms with Crippen LogP contribution in [-0.2, 0) is 0 Å². The van der Waals surface area contributed by atoms with E-state index in [-0.39, 0.29) is 5.91 Å². The van der Waals surface area contributed by atoms with Crippen LogP contribution in [0.15, 0.2) is 72.8 Å². The van der Waals surface area contributed by atoms with Crippen LogP contribution in [0.2, 0.25) is 5.02 Å². The quantitative estimate of drug-likeness (QED) is 0.473. The van der Waals surface area contributed by atoms with Crippen molar-refractivity contribution in [3.63, 3.8) is 0 Å². The lowest BCUT2D eigenvalue weighted by Crippen LogP contribution is -2.18. The third kappa shape index (κ3) is 4.08. The number of carbonyl (C=O) groups excluding carboxylic acids is 2. The summed E-state index contributed by atoms with van der Waals surface area (Å²) in [4.78, 5) is 23.8. The van der Waals surface area contributed by atoms with Crippen LogP contribution in [0.5, 0.6) is 0 Å². The van der Waals surface area contributed by atoms with E-state index in [4.69, 9.17) is 16.8 Å². The highest BCUT2D eigenvalue weighted by atomic mass is 35.5. The van der Waals surface area contributed by atoms with Gasteiger partial charge in [-0.15, -0.1) is 0 Å². The summed E-state index contributed by atoms with van der Waals surface area (Å²) in [5.74, 6) is -0.807. The van der Waals surface area contributed by atoms with Crippen molar-refractivity contribution in [2.75, 3.05) is 5.32 Å². The zero-order valence-corrected chi connectivity index (χ0v) is 14.3.